The summed E-state index contributed by atoms with van der Waals surface area (Å²) in [6.45, 7) is 5.67. The van der Waals surface area contributed by atoms with Crippen LogP contribution in [-0.4, -0.2) is 62.5 Å². The first kappa shape index (κ1) is 18.5. The van der Waals surface area contributed by atoms with Crippen molar-refractivity contribution < 1.29 is 19.0 Å². The number of amides is 1. The van der Waals surface area contributed by atoms with Crippen LogP contribution in [0.2, 0.25) is 0 Å². The summed E-state index contributed by atoms with van der Waals surface area (Å²) >= 11 is 0. The Morgan fingerprint density at radius 2 is 2.00 bits per heavy atom. The van der Waals surface area contributed by atoms with Crippen molar-refractivity contribution in [1.29, 1.82) is 0 Å². The van der Waals surface area contributed by atoms with E-state index in [1.165, 1.54) is 18.4 Å². The normalized spacial score (nSPS) is 28.8. The number of ether oxygens (including phenoxy) is 3. The molecule has 0 bridgehead atoms. The van der Waals surface area contributed by atoms with Gasteiger partial charge < -0.3 is 19.1 Å². The zero-order valence-electron chi connectivity index (χ0n) is 15.9. The molecule has 3 heterocycles. The van der Waals surface area contributed by atoms with Crippen molar-refractivity contribution in [2.24, 2.45) is 11.8 Å². The molecule has 0 N–H and O–H groups in total. The molecule has 5 heteroatoms. The van der Waals surface area contributed by atoms with E-state index in [2.05, 4.69) is 6.08 Å². The van der Waals surface area contributed by atoms with Gasteiger partial charge in [-0.25, -0.2) is 0 Å². The molecule has 0 radical (unpaired) electrons. The highest BCUT2D eigenvalue weighted by Gasteiger charge is 2.54. The van der Waals surface area contributed by atoms with Gasteiger partial charge in [-0.15, -0.1) is 0 Å². The minimum absolute atomic E-state index is 0.133. The van der Waals surface area contributed by atoms with Gasteiger partial charge in [0.25, 0.3) is 0 Å². The molecule has 3 fully saturated rings. The maximum atomic E-state index is 12.5. The van der Waals surface area contributed by atoms with Crippen molar-refractivity contribution in [3.63, 3.8) is 0 Å². The van der Waals surface area contributed by atoms with E-state index in [4.69, 9.17) is 14.2 Å². The van der Waals surface area contributed by atoms with Gasteiger partial charge in [0.2, 0.25) is 5.91 Å². The predicted octanol–water partition coefficient (Wildman–Crippen LogP) is 2.94. The number of nitrogens with zero attached hydrogens (tertiary/aromatic N) is 1. The lowest BCUT2D eigenvalue weighted by Gasteiger charge is -2.50. The zero-order valence-corrected chi connectivity index (χ0v) is 15.9. The van der Waals surface area contributed by atoms with Crippen molar-refractivity contribution in [3.05, 3.63) is 11.6 Å². The maximum absolute atomic E-state index is 12.5. The smallest absolute Gasteiger partial charge is 0.226 e. The minimum Gasteiger partial charge on any atom is -0.381 e. The Labute approximate surface area is 157 Å². The summed E-state index contributed by atoms with van der Waals surface area (Å²) in [5.41, 5.74) is 1.21. The topological polar surface area (TPSA) is 48.0 Å². The van der Waals surface area contributed by atoms with E-state index in [-0.39, 0.29) is 11.5 Å². The van der Waals surface area contributed by atoms with Crippen LogP contribution in [0, 0.1) is 11.8 Å². The lowest BCUT2D eigenvalue weighted by atomic mass is 9.80. The van der Waals surface area contributed by atoms with Gasteiger partial charge in [0.1, 0.15) is 5.60 Å². The number of hydrogen-bond acceptors (Lipinski definition) is 4. The monoisotopic (exact) mass is 363 g/mol. The highest BCUT2D eigenvalue weighted by atomic mass is 16.5. The van der Waals surface area contributed by atoms with E-state index in [1.54, 1.807) is 0 Å². The van der Waals surface area contributed by atoms with E-state index in [9.17, 15) is 4.79 Å². The van der Waals surface area contributed by atoms with Crippen LogP contribution in [0.25, 0.3) is 0 Å². The summed E-state index contributed by atoms with van der Waals surface area (Å²) in [6, 6.07) is 0. The van der Waals surface area contributed by atoms with E-state index in [1.807, 2.05) is 4.90 Å². The molecule has 0 aromatic heterocycles. The zero-order chi connectivity index (χ0) is 17.8. The molecule has 1 aliphatic carbocycles. The summed E-state index contributed by atoms with van der Waals surface area (Å²) in [6.07, 6.45) is 10.9. The van der Waals surface area contributed by atoms with Crippen LogP contribution in [0.5, 0.6) is 0 Å². The largest absolute Gasteiger partial charge is 0.381 e. The summed E-state index contributed by atoms with van der Waals surface area (Å²) in [5, 5.41) is 0. The average Bonchev–Trinajstić information content (AvgIpc) is 3.06. The molecule has 1 amide bonds. The van der Waals surface area contributed by atoms with Crippen LogP contribution in [0.3, 0.4) is 0 Å². The molecule has 0 aromatic rings. The molecule has 3 saturated heterocycles. The molecule has 26 heavy (non-hydrogen) atoms. The molecule has 5 nitrogen and oxygen atoms in total. The third-order valence-electron chi connectivity index (χ3n) is 6.65. The van der Waals surface area contributed by atoms with Crippen LogP contribution in [-0.2, 0) is 19.0 Å². The predicted molar refractivity (Wildman–Crippen MR) is 98.9 cm³/mol. The molecule has 4 rings (SSSR count). The van der Waals surface area contributed by atoms with Gasteiger partial charge in [-0.2, -0.15) is 0 Å². The Kier molecular flexibility index (Phi) is 5.97. The second-order valence-electron chi connectivity index (χ2n) is 8.53. The average molecular weight is 363 g/mol. The van der Waals surface area contributed by atoms with E-state index < -0.39 is 0 Å². The highest BCUT2D eigenvalue weighted by molar-refractivity contribution is 5.80. The van der Waals surface area contributed by atoms with Crippen LogP contribution >= 0.6 is 0 Å². The van der Waals surface area contributed by atoms with Gasteiger partial charge in [0.15, 0.2) is 0 Å². The van der Waals surface area contributed by atoms with Crippen molar-refractivity contribution in [2.75, 3.05) is 46.1 Å². The number of likely N-dealkylation sites (tertiary alicyclic amines) is 1. The Balaban J connectivity index is 1.21. The molecule has 0 unspecified atom stereocenters. The van der Waals surface area contributed by atoms with Crippen molar-refractivity contribution in [1.82, 2.24) is 4.90 Å². The fourth-order valence-electron chi connectivity index (χ4n) is 4.81. The second-order valence-corrected chi connectivity index (χ2v) is 8.53. The molecule has 0 saturated carbocycles. The first-order valence-corrected chi connectivity index (χ1v) is 10.5. The quantitative estimate of drug-likeness (QED) is 0.681. The number of rotatable bonds is 6. The minimum atomic E-state index is -0.133. The molecule has 146 valence electrons. The lowest BCUT2D eigenvalue weighted by Crippen LogP contribution is -2.66. The first-order chi connectivity index (χ1) is 12.8. The van der Waals surface area contributed by atoms with E-state index in [0.717, 1.165) is 78.2 Å². The van der Waals surface area contributed by atoms with Crippen LogP contribution in [0.4, 0.5) is 0 Å². The number of carbonyl (C=O) groups is 1. The molecular weight excluding hydrogens is 330 g/mol. The Bertz CT molecular complexity index is 520. The molecular formula is C21H33NO4. The first-order valence-electron chi connectivity index (χ1n) is 10.5. The summed E-state index contributed by atoms with van der Waals surface area (Å²) in [5.74, 6) is 1.35. The van der Waals surface area contributed by atoms with Gasteiger partial charge in [-0.1, -0.05) is 11.6 Å². The van der Waals surface area contributed by atoms with Gasteiger partial charge in [0, 0.05) is 38.8 Å². The molecule has 0 aromatic carbocycles. The molecule has 1 spiro atoms. The summed E-state index contributed by atoms with van der Waals surface area (Å²) in [7, 11) is 0. The SMILES string of the molecule is O=C(CC1=CCCCC1)N1CC2(C1)OCC[C@@H]2COCC1CCOCC1. The Hall–Kier alpha value is -0.910. The van der Waals surface area contributed by atoms with E-state index in [0.29, 0.717) is 18.3 Å². The fraction of sp³-hybridized carbons (Fsp3) is 0.857. The Morgan fingerprint density at radius 3 is 2.77 bits per heavy atom. The van der Waals surface area contributed by atoms with Gasteiger partial charge in [-0.05, 0) is 50.9 Å². The fourth-order valence-corrected chi connectivity index (χ4v) is 4.81. The molecule has 3 aliphatic heterocycles. The van der Waals surface area contributed by atoms with Crippen molar-refractivity contribution >= 4 is 5.91 Å². The standard InChI is InChI=1S/C21H33NO4/c23-20(12-17-4-2-1-3-5-17)22-15-21(16-22)19(8-11-26-21)14-25-13-18-6-9-24-10-7-18/h4,18-19H,1-3,5-16H2/t19-/m1/s1. The summed E-state index contributed by atoms with van der Waals surface area (Å²) in [4.78, 5) is 14.5. The maximum Gasteiger partial charge on any atom is 0.226 e. The number of hydrogen-bond donors (Lipinski definition) is 0. The van der Waals surface area contributed by atoms with Crippen LogP contribution in [0.15, 0.2) is 11.6 Å². The van der Waals surface area contributed by atoms with Crippen LogP contribution in [0.1, 0.15) is 51.4 Å². The van der Waals surface area contributed by atoms with Crippen molar-refractivity contribution in [2.45, 2.75) is 57.0 Å². The summed E-state index contributed by atoms with van der Waals surface area (Å²) < 4.78 is 17.6. The van der Waals surface area contributed by atoms with E-state index >= 15 is 0 Å². The lowest BCUT2D eigenvalue weighted by molar-refractivity contribution is -0.168. The molecule has 1 atom stereocenters. The van der Waals surface area contributed by atoms with Gasteiger partial charge in [-0.3, -0.25) is 4.79 Å². The number of allylic oxidation sites excluding steroid dienone is 1. The number of carbonyl (C=O) groups excluding carboxylic acids is 1. The highest BCUT2D eigenvalue weighted by Crippen LogP contribution is 2.40. The molecule has 4 aliphatic rings. The van der Waals surface area contributed by atoms with Crippen LogP contribution < -0.4 is 0 Å². The van der Waals surface area contributed by atoms with Gasteiger partial charge >= 0.3 is 0 Å². The third-order valence-corrected chi connectivity index (χ3v) is 6.65. The van der Waals surface area contributed by atoms with Gasteiger partial charge in [0.05, 0.1) is 19.7 Å². The second kappa shape index (κ2) is 8.41. The third kappa shape index (κ3) is 4.15. The Morgan fingerprint density at radius 1 is 1.15 bits per heavy atom. The van der Waals surface area contributed by atoms with Crippen molar-refractivity contribution in [3.8, 4) is 0 Å².